The van der Waals surface area contributed by atoms with E-state index in [9.17, 15) is 25.9 Å². The number of ether oxygens (including phenoxy) is 2. The smallest absolute Gasteiger partial charge is 0.397 e. The van der Waals surface area contributed by atoms with Crippen molar-refractivity contribution in [2.75, 3.05) is 0 Å². The molecule has 26 heteroatoms. The van der Waals surface area contributed by atoms with Crippen LogP contribution in [-0.2, 0) is 33.5 Å². The van der Waals surface area contributed by atoms with Gasteiger partial charge in [0.1, 0.15) is 24.7 Å². The van der Waals surface area contributed by atoms with Crippen molar-refractivity contribution in [2.24, 2.45) is 0 Å². The third-order valence-electron chi connectivity index (χ3n) is 10.3. The van der Waals surface area contributed by atoms with Crippen molar-refractivity contribution in [1.82, 2.24) is 19.6 Å². The molecule has 2 atom stereocenters. The molecule has 2 N–H and O–H groups in total. The van der Waals surface area contributed by atoms with E-state index in [0.29, 0.717) is 22.7 Å². The predicted octanol–water partition coefficient (Wildman–Crippen LogP) is 12.3. The summed E-state index contributed by atoms with van der Waals surface area (Å²) in [4.78, 5) is 0.102. The molecule has 0 aliphatic carbocycles. The molecule has 12 nitrogen and oxygen atoms in total. The van der Waals surface area contributed by atoms with Crippen LogP contribution in [-0.4, -0.2) is 57.9 Å². The summed E-state index contributed by atoms with van der Waals surface area (Å²) in [7, 11) is -9.49. The molecule has 6 heterocycles. The van der Waals surface area contributed by atoms with Crippen molar-refractivity contribution in [3.8, 4) is 44.0 Å². The minimum Gasteiger partial charge on any atom is -0.487 e. The molecule has 336 valence electrons. The van der Waals surface area contributed by atoms with Gasteiger partial charge in [0.2, 0.25) is 0 Å². The van der Waals surface area contributed by atoms with Gasteiger partial charge in [0.05, 0.1) is 65.8 Å². The average Bonchev–Trinajstić information content (AvgIpc) is 3.96. The number of thiophene rings is 2. The minimum atomic E-state index is -4.93. The quantitative estimate of drug-likeness (QED) is 0.0685. The van der Waals surface area contributed by atoms with E-state index in [1.54, 1.807) is 0 Å². The maximum atomic E-state index is 15.0. The molecule has 0 radical (unpaired) electrons. The second-order valence-corrected chi connectivity index (χ2v) is 21.4. The molecule has 0 amide bonds. The molecule has 2 unspecified atom stereocenters. The van der Waals surface area contributed by atoms with Gasteiger partial charge in [-0.2, -0.15) is 53.4 Å². The number of rotatable bonds is 12. The zero-order valence-corrected chi connectivity index (χ0v) is 37.6. The van der Waals surface area contributed by atoms with Crippen LogP contribution in [0.4, 0.5) is 26.3 Å². The van der Waals surface area contributed by atoms with Crippen LogP contribution in [0.15, 0.2) is 56.9 Å². The van der Waals surface area contributed by atoms with Crippen LogP contribution >= 0.6 is 69.1 Å². The topological polar surface area (TPSA) is 163 Å². The molecule has 2 aliphatic heterocycles. The van der Waals surface area contributed by atoms with E-state index >= 15 is 26.3 Å². The number of alkyl halides is 6. The van der Waals surface area contributed by atoms with E-state index in [1.807, 2.05) is 0 Å². The standard InChI is InChI=1S/C37H26Cl4F6N4O8S4/c38-16-6-8-24(22(40)10-16)50-32-18(14-58-26-12-28(60-34(26)32)62(52,53)54)30(48-50)20(36(42,43)44)4-2-1-3-5-21(37(45,46)47)31-19-15-59-27-13-29(63(55,56)57)61-35(27)33(19)51(49-31)25-9-7-17(39)11-23(25)41/h6-13,20-21H,1-5,14-15H2,(H,52,53,54)(H,55,56,57). The summed E-state index contributed by atoms with van der Waals surface area (Å²) in [5.74, 6) is -4.60. The number of nitrogens with zero attached hydrogens (tertiary/aromatic N) is 4. The minimum absolute atomic E-state index is 0.00524. The summed E-state index contributed by atoms with van der Waals surface area (Å²) >= 11 is 26.2. The van der Waals surface area contributed by atoms with E-state index in [-0.39, 0.29) is 94.5 Å². The molecule has 6 aromatic rings. The maximum Gasteiger partial charge on any atom is 0.397 e. The molecule has 2 aromatic carbocycles. The molecular formula is C37H26Cl4F6N4O8S4. The van der Waals surface area contributed by atoms with Crippen LogP contribution in [0.25, 0.3) is 32.5 Å². The Bertz CT molecular complexity index is 2820. The fourth-order valence-electron chi connectivity index (χ4n) is 7.49. The van der Waals surface area contributed by atoms with Crippen LogP contribution < -0.4 is 9.47 Å². The Hall–Kier alpha value is -3.58. The molecule has 4 aromatic heterocycles. The van der Waals surface area contributed by atoms with Gasteiger partial charge in [0, 0.05) is 33.3 Å². The van der Waals surface area contributed by atoms with Gasteiger partial charge in [-0.15, -0.1) is 22.7 Å². The Balaban J connectivity index is 1.10. The molecular weight excluding hydrogens is 1010 g/mol. The van der Waals surface area contributed by atoms with Crippen LogP contribution in [0.3, 0.4) is 0 Å². The van der Waals surface area contributed by atoms with Gasteiger partial charge in [-0.05, 0) is 49.2 Å². The number of benzene rings is 2. The lowest BCUT2D eigenvalue weighted by atomic mass is 9.90. The number of hydrogen-bond donors (Lipinski definition) is 2. The van der Waals surface area contributed by atoms with Crippen LogP contribution in [0.1, 0.15) is 66.5 Å². The molecule has 0 fully saturated rings. The van der Waals surface area contributed by atoms with Crippen LogP contribution in [0.2, 0.25) is 20.1 Å². The number of aromatic nitrogens is 4. The molecule has 63 heavy (non-hydrogen) atoms. The van der Waals surface area contributed by atoms with E-state index in [4.69, 9.17) is 55.9 Å². The highest BCUT2D eigenvalue weighted by atomic mass is 35.5. The van der Waals surface area contributed by atoms with Gasteiger partial charge in [-0.25, -0.2) is 9.36 Å². The second-order valence-electron chi connectivity index (χ2n) is 14.3. The van der Waals surface area contributed by atoms with Gasteiger partial charge in [0.25, 0.3) is 0 Å². The van der Waals surface area contributed by atoms with E-state index < -0.39 is 90.3 Å². The van der Waals surface area contributed by atoms with Gasteiger partial charge in [-0.1, -0.05) is 65.7 Å². The number of hydrogen-bond acceptors (Lipinski definition) is 10. The lowest BCUT2D eigenvalue weighted by Crippen LogP contribution is -2.24. The summed E-state index contributed by atoms with van der Waals surface area (Å²) in [5.41, 5.74) is -0.781. The summed E-state index contributed by atoms with van der Waals surface area (Å²) in [6.45, 7) is -0.952. The van der Waals surface area contributed by atoms with E-state index in [1.165, 1.54) is 36.4 Å². The first-order valence-electron chi connectivity index (χ1n) is 18.2. The van der Waals surface area contributed by atoms with Crippen LogP contribution in [0, 0.1) is 0 Å². The number of unbranched alkanes of at least 4 members (excludes halogenated alkanes) is 2. The Morgan fingerprint density at radius 3 is 1.35 bits per heavy atom. The van der Waals surface area contributed by atoms with Crippen molar-refractivity contribution in [3.05, 3.63) is 91.1 Å². The van der Waals surface area contributed by atoms with Crippen molar-refractivity contribution < 1.29 is 61.8 Å². The SMILES string of the molecule is O=S(=O)(O)c1cc2c(s1)-c1c(c(C(CCCCCC(c3nn(-c4ccc(Cl)cc4Cl)c4c3COc3cc(S(=O)(=O)O)sc3-4)C(F)(F)F)C(F)(F)F)nn1-c1ccc(Cl)cc1Cl)CO2. The van der Waals surface area contributed by atoms with Crippen LogP contribution in [0.5, 0.6) is 11.5 Å². The lowest BCUT2D eigenvalue weighted by Gasteiger charge is -2.22. The zero-order chi connectivity index (χ0) is 45.6. The summed E-state index contributed by atoms with van der Waals surface area (Å²) in [6, 6.07) is 10.4. The average molecular weight is 1040 g/mol. The monoisotopic (exact) mass is 1040 g/mol. The fraction of sp³-hybridized carbons (Fsp3) is 0.297. The molecule has 8 rings (SSSR count). The first-order chi connectivity index (χ1) is 29.4. The normalized spacial score (nSPS) is 14.9. The van der Waals surface area contributed by atoms with Gasteiger partial charge < -0.3 is 9.47 Å². The fourth-order valence-corrected chi connectivity index (χ4v) is 12.1. The highest BCUT2D eigenvalue weighted by Gasteiger charge is 2.47. The zero-order valence-electron chi connectivity index (χ0n) is 31.3. The van der Waals surface area contributed by atoms with Crippen molar-refractivity contribution in [3.63, 3.8) is 0 Å². The first kappa shape index (κ1) is 46.0. The van der Waals surface area contributed by atoms with E-state index in [2.05, 4.69) is 10.2 Å². The Kier molecular flexibility index (Phi) is 12.2. The third-order valence-corrected chi connectivity index (χ3v) is 16.2. The molecule has 0 spiro atoms. The molecule has 0 saturated heterocycles. The molecule has 0 saturated carbocycles. The Morgan fingerprint density at radius 2 is 1.02 bits per heavy atom. The highest BCUT2D eigenvalue weighted by molar-refractivity contribution is 7.88. The highest BCUT2D eigenvalue weighted by Crippen LogP contribution is 2.53. The van der Waals surface area contributed by atoms with Crippen molar-refractivity contribution >= 4 is 89.3 Å². The summed E-state index contributed by atoms with van der Waals surface area (Å²) in [5, 5.41) is 9.10. The van der Waals surface area contributed by atoms with Gasteiger partial charge in [-0.3, -0.25) is 9.11 Å². The predicted molar refractivity (Wildman–Crippen MR) is 223 cm³/mol. The lowest BCUT2D eigenvalue weighted by molar-refractivity contribution is -0.153. The first-order valence-corrected chi connectivity index (χ1v) is 24.2. The van der Waals surface area contributed by atoms with Crippen molar-refractivity contribution in [1.29, 1.82) is 0 Å². The maximum absolute atomic E-state index is 15.0. The number of halogens is 10. The van der Waals surface area contributed by atoms with Gasteiger partial charge in [0.15, 0.2) is 8.42 Å². The largest absolute Gasteiger partial charge is 0.487 e. The Labute approximate surface area is 381 Å². The third kappa shape index (κ3) is 8.92. The van der Waals surface area contributed by atoms with Gasteiger partial charge >= 0.3 is 32.6 Å². The Morgan fingerprint density at radius 1 is 0.635 bits per heavy atom. The van der Waals surface area contributed by atoms with Crippen molar-refractivity contribution in [2.45, 2.75) is 77.9 Å². The molecule has 2 aliphatic rings. The second kappa shape index (κ2) is 16.7. The summed E-state index contributed by atoms with van der Waals surface area (Å²) in [6.07, 6.45) is -11.6. The molecule has 0 bridgehead atoms. The summed E-state index contributed by atoms with van der Waals surface area (Å²) < 4.78 is 170. The number of fused-ring (bicyclic) bond motifs is 6. The van der Waals surface area contributed by atoms with E-state index in [0.717, 1.165) is 21.5 Å².